The summed E-state index contributed by atoms with van der Waals surface area (Å²) in [7, 11) is -3.67. The van der Waals surface area contributed by atoms with E-state index in [1.165, 1.54) is 10.7 Å². The molecule has 2 saturated heterocycles. The third-order valence-electron chi connectivity index (χ3n) is 6.57. The molecule has 0 radical (unpaired) electrons. The van der Waals surface area contributed by atoms with Crippen LogP contribution in [0.1, 0.15) is 57.8 Å². The van der Waals surface area contributed by atoms with Crippen molar-refractivity contribution in [1.29, 1.82) is 0 Å². The van der Waals surface area contributed by atoms with Crippen molar-refractivity contribution in [3.63, 3.8) is 0 Å². The molecule has 7 nitrogen and oxygen atoms in total. The van der Waals surface area contributed by atoms with E-state index >= 15 is 0 Å². The quantitative estimate of drug-likeness (QED) is 0.773. The van der Waals surface area contributed by atoms with Crippen molar-refractivity contribution in [2.45, 2.75) is 68.7 Å². The van der Waals surface area contributed by atoms with E-state index in [1.807, 2.05) is 0 Å². The van der Waals surface area contributed by atoms with E-state index in [-0.39, 0.29) is 35.2 Å². The van der Waals surface area contributed by atoms with Gasteiger partial charge in [-0.25, -0.2) is 8.42 Å². The molecule has 164 valence electrons. The van der Waals surface area contributed by atoms with Gasteiger partial charge in [0.15, 0.2) is 0 Å². The van der Waals surface area contributed by atoms with Gasteiger partial charge >= 0.3 is 0 Å². The summed E-state index contributed by atoms with van der Waals surface area (Å²) in [4.78, 5) is 26.5. The zero-order valence-corrected chi connectivity index (χ0v) is 18.2. The largest absolute Gasteiger partial charge is 0.353 e. The summed E-state index contributed by atoms with van der Waals surface area (Å²) in [6.07, 6.45) is 8.34. The number of benzene rings is 1. The number of amides is 2. The van der Waals surface area contributed by atoms with Gasteiger partial charge in [0.1, 0.15) is 0 Å². The fourth-order valence-corrected chi connectivity index (χ4v) is 6.33. The van der Waals surface area contributed by atoms with Gasteiger partial charge in [-0.15, -0.1) is 0 Å². The van der Waals surface area contributed by atoms with E-state index in [0.29, 0.717) is 25.9 Å². The molecule has 1 saturated carbocycles. The number of nitrogens with zero attached hydrogens (tertiary/aromatic N) is 2. The monoisotopic (exact) mass is 433 g/mol. The van der Waals surface area contributed by atoms with Crippen molar-refractivity contribution in [3.05, 3.63) is 24.3 Å². The molecular formula is C22H31N3O4S. The highest BCUT2D eigenvalue weighted by molar-refractivity contribution is 7.89. The smallest absolute Gasteiger partial charge is 0.243 e. The van der Waals surface area contributed by atoms with E-state index in [2.05, 4.69) is 5.32 Å². The first-order chi connectivity index (χ1) is 14.4. The number of carbonyl (C=O) groups is 2. The minimum absolute atomic E-state index is 0.00954. The van der Waals surface area contributed by atoms with Crippen LogP contribution < -0.4 is 10.2 Å². The molecule has 3 aliphatic rings. The molecule has 0 bridgehead atoms. The Morgan fingerprint density at radius 1 is 0.933 bits per heavy atom. The summed E-state index contributed by atoms with van der Waals surface area (Å²) < 4.78 is 27.8. The molecule has 1 aliphatic carbocycles. The fraction of sp³-hybridized carbons (Fsp3) is 0.636. The van der Waals surface area contributed by atoms with Gasteiger partial charge in [0.25, 0.3) is 0 Å². The third-order valence-corrected chi connectivity index (χ3v) is 8.45. The molecule has 3 fully saturated rings. The molecule has 30 heavy (non-hydrogen) atoms. The van der Waals surface area contributed by atoms with Gasteiger partial charge in [-0.1, -0.05) is 19.3 Å². The second-order valence-electron chi connectivity index (χ2n) is 8.69. The average molecular weight is 434 g/mol. The normalized spacial score (nSPS) is 24.2. The van der Waals surface area contributed by atoms with E-state index in [1.54, 1.807) is 29.2 Å². The van der Waals surface area contributed by atoms with Crippen LogP contribution in [0.15, 0.2) is 29.2 Å². The number of piperidine rings is 1. The molecule has 1 unspecified atom stereocenters. The topological polar surface area (TPSA) is 86.8 Å². The van der Waals surface area contributed by atoms with Gasteiger partial charge in [0, 0.05) is 37.8 Å². The maximum atomic E-state index is 13.2. The molecule has 1 aromatic rings. The van der Waals surface area contributed by atoms with Crippen LogP contribution in [-0.2, 0) is 19.6 Å². The number of rotatable bonds is 5. The van der Waals surface area contributed by atoms with Crippen LogP contribution in [0.5, 0.6) is 0 Å². The first-order valence-corrected chi connectivity index (χ1v) is 12.6. The number of hydrogen-bond acceptors (Lipinski definition) is 4. The molecule has 1 N–H and O–H groups in total. The number of sulfonamides is 1. The molecule has 1 atom stereocenters. The Morgan fingerprint density at radius 2 is 1.67 bits per heavy atom. The first-order valence-electron chi connectivity index (χ1n) is 11.2. The van der Waals surface area contributed by atoms with Crippen molar-refractivity contribution >= 4 is 27.5 Å². The van der Waals surface area contributed by atoms with Gasteiger partial charge in [0.2, 0.25) is 21.8 Å². The number of nitrogens with one attached hydrogen (secondary N) is 1. The van der Waals surface area contributed by atoms with Crippen LogP contribution in [0.4, 0.5) is 5.69 Å². The van der Waals surface area contributed by atoms with Gasteiger partial charge in [0.05, 0.1) is 10.8 Å². The Labute approximate surface area is 178 Å². The van der Waals surface area contributed by atoms with Gasteiger partial charge < -0.3 is 10.2 Å². The Kier molecular flexibility index (Phi) is 6.43. The van der Waals surface area contributed by atoms with Crippen molar-refractivity contribution < 1.29 is 18.0 Å². The van der Waals surface area contributed by atoms with Gasteiger partial charge in [-0.05, 0) is 56.4 Å². The zero-order chi connectivity index (χ0) is 21.1. The molecule has 0 spiro atoms. The van der Waals surface area contributed by atoms with E-state index in [4.69, 9.17) is 0 Å². The number of hydrogen-bond donors (Lipinski definition) is 1. The maximum absolute atomic E-state index is 13.2. The highest BCUT2D eigenvalue weighted by atomic mass is 32.2. The Hall–Kier alpha value is -1.93. The lowest BCUT2D eigenvalue weighted by molar-refractivity contribution is -0.127. The maximum Gasteiger partial charge on any atom is 0.243 e. The van der Waals surface area contributed by atoms with Crippen LogP contribution in [0, 0.1) is 5.92 Å². The average Bonchev–Trinajstić information content (AvgIpc) is 3.20. The van der Waals surface area contributed by atoms with Crippen LogP contribution >= 0.6 is 0 Å². The SMILES string of the molecule is O=C(NC1CCCCC1)C1CCCN(S(=O)(=O)c2ccc(N3CCCC3=O)cc2)C1. The molecule has 2 amide bonds. The molecule has 4 rings (SSSR count). The third kappa shape index (κ3) is 4.54. The van der Waals surface area contributed by atoms with Crippen molar-refractivity contribution in [2.75, 3.05) is 24.5 Å². The van der Waals surface area contributed by atoms with Crippen LogP contribution in [0.25, 0.3) is 0 Å². The van der Waals surface area contributed by atoms with E-state index in [9.17, 15) is 18.0 Å². The Balaban J connectivity index is 1.41. The van der Waals surface area contributed by atoms with Gasteiger partial charge in [-0.3, -0.25) is 9.59 Å². The summed E-state index contributed by atoms with van der Waals surface area (Å²) >= 11 is 0. The predicted octanol–water partition coefficient (Wildman–Crippen LogP) is 2.66. The summed E-state index contributed by atoms with van der Waals surface area (Å²) in [6.45, 7) is 1.34. The minimum Gasteiger partial charge on any atom is -0.353 e. The molecule has 8 heteroatoms. The zero-order valence-electron chi connectivity index (χ0n) is 17.4. The summed E-state index contributed by atoms with van der Waals surface area (Å²) in [5.41, 5.74) is 0.736. The summed E-state index contributed by atoms with van der Waals surface area (Å²) in [6, 6.07) is 6.78. The molecule has 0 aromatic heterocycles. The first kappa shape index (κ1) is 21.3. The Morgan fingerprint density at radius 3 is 2.33 bits per heavy atom. The number of carbonyl (C=O) groups excluding carboxylic acids is 2. The highest BCUT2D eigenvalue weighted by Crippen LogP contribution is 2.27. The standard InChI is InChI=1S/C22H31N3O4S/c26-21-9-5-15-25(21)19-10-12-20(13-11-19)30(28,29)24-14-4-6-17(16-24)22(27)23-18-7-2-1-3-8-18/h10-13,17-18H,1-9,14-16H2,(H,23,27). The van der Waals surface area contributed by atoms with Crippen molar-refractivity contribution in [2.24, 2.45) is 5.92 Å². The predicted molar refractivity (Wildman–Crippen MR) is 115 cm³/mol. The Bertz CT molecular complexity index is 878. The van der Waals surface area contributed by atoms with Crippen molar-refractivity contribution in [1.82, 2.24) is 9.62 Å². The lowest BCUT2D eigenvalue weighted by Gasteiger charge is -2.33. The molecule has 1 aromatic carbocycles. The lowest BCUT2D eigenvalue weighted by Crippen LogP contribution is -2.47. The summed E-state index contributed by atoms with van der Waals surface area (Å²) in [5.74, 6) is -0.227. The van der Waals surface area contributed by atoms with Crippen LogP contribution in [-0.4, -0.2) is 50.2 Å². The fourth-order valence-electron chi connectivity index (χ4n) is 4.81. The molecule has 2 aliphatic heterocycles. The van der Waals surface area contributed by atoms with Crippen LogP contribution in [0.2, 0.25) is 0 Å². The molecule has 2 heterocycles. The second-order valence-corrected chi connectivity index (χ2v) is 10.6. The van der Waals surface area contributed by atoms with E-state index in [0.717, 1.165) is 44.2 Å². The minimum atomic E-state index is -3.67. The van der Waals surface area contributed by atoms with Gasteiger partial charge in [-0.2, -0.15) is 4.31 Å². The van der Waals surface area contributed by atoms with E-state index < -0.39 is 10.0 Å². The highest BCUT2D eigenvalue weighted by Gasteiger charge is 2.34. The molecular weight excluding hydrogens is 402 g/mol. The second kappa shape index (κ2) is 9.06. The summed E-state index contributed by atoms with van der Waals surface area (Å²) in [5, 5.41) is 3.15. The van der Waals surface area contributed by atoms with Crippen molar-refractivity contribution in [3.8, 4) is 0 Å². The van der Waals surface area contributed by atoms with Crippen LogP contribution in [0.3, 0.4) is 0 Å². The lowest BCUT2D eigenvalue weighted by atomic mass is 9.93. The number of anilines is 1.